The second-order valence-corrected chi connectivity index (χ2v) is 9.77. The third-order valence-corrected chi connectivity index (χ3v) is 7.63. The molecule has 1 amide bonds. The fourth-order valence-corrected chi connectivity index (χ4v) is 5.67. The van der Waals surface area contributed by atoms with Crippen LogP contribution in [0.2, 0.25) is 0 Å². The normalized spacial score (nSPS) is 17.4. The van der Waals surface area contributed by atoms with Gasteiger partial charge in [-0.1, -0.05) is 18.6 Å². The summed E-state index contributed by atoms with van der Waals surface area (Å²) < 4.78 is 29.6. The summed E-state index contributed by atoms with van der Waals surface area (Å²) in [5, 5.41) is 7.14. The minimum atomic E-state index is -3.64. The van der Waals surface area contributed by atoms with Crippen molar-refractivity contribution in [2.24, 2.45) is 0 Å². The number of hydrogen-bond donors (Lipinski definition) is 1. The lowest BCUT2D eigenvalue weighted by molar-refractivity contribution is 0.102. The van der Waals surface area contributed by atoms with Crippen LogP contribution >= 0.6 is 0 Å². The van der Waals surface area contributed by atoms with Crippen molar-refractivity contribution in [1.29, 1.82) is 0 Å². The molecule has 0 radical (unpaired) electrons. The Hall–Kier alpha value is -2.97. The molecule has 1 unspecified atom stereocenters. The smallest absolute Gasteiger partial charge is 0.255 e. The summed E-state index contributed by atoms with van der Waals surface area (Å²) in [6, 6.07) is 15.5. The molecule has 8 heteroatoms. The van der Waals surface area contributed by atoms with Crippen molar-refractivity contribution < 1.29 is 13.2 Å². The second kappa shape index (κ2) is 8.64. The molecule has 1 N–H and O–H groups in total. The molecule has 0 bridgehead atoms. The van der Waals surface area contributed by atoms with Crippen molar-refractivity contribution in [2.45, 2.75) is 44.0 Å². The third kappa shape index (κ3) is 4.40. The first-order valence-electron chi connectivity index (χ1n) is 10.4. The van der Waals surface area contributed by atoms with E-state index in [1.54, 1.807) is 39.4 Å². The van der Waals surface area contributed by atoms with Crippen LogP contribution in [0.5, 0.6) is 0 Å². The Labute approximate surface area is 182 Å². The van der Waals surface area contributed by atoms with E-state index in [2.05, 4.69) is 10.4 Å². The standard InChI is InChI=1S/C23H26N4O3S/c1-17-7-3-4-14-26(17)31(29,30)22-11-5-8-19(15-22)23(28)25-20-9-6-10-21(16-20)27-18(2)12-13-24-27/h5-6,8-13,15-17H,3-4,7,14H2,1-2H3,(H,25,28). The molecular weight excluding hydrogens is 412 g/mol. The molecule has 7 nitrogen and oxygen atoms in total. The molecule has 1 atom stereocenters. The molecule has 1 fully saturated rings. The van der Waals surface area contributed by atoms with Crippen LogP contribution in [0.3, 0.4) is 0 Å². The van der Waals surface area contributed by atoms with Gasteiger partial charge in [0.1, 0.15) is 0 Å². The Morgan fingerprint density at radius 1 is 1.10 bits per heavy atom. The summed E-state index contributed by atoms with van der Waals surface area (Å²) in [5.74, 6) is -0.363. The van der Waals surface area contributed by atoms with Crippen LogP contribution in [0.15, 0.2) is 65.7 Å². The SMILES string of the molecule is Cc1ccnn1-c1cccc(NC(=O)c2cccc(S(=O)(=O)N3CCCCC3C)c2)c1. The number of amides is 1. The number of piperidine rings is 1. The summed E-state index contributed by atoms with van der Waals surface area (Å²) in [5.41, 5.74) is 2.71. The molecule has 2 heterocycles. The van der Waals surface area contributed by atoms with E-state index in [0.717, 1.165) is 30.6 Å². The molecule has 0 spiro atoms. The highest BCUT2D eigenvalue weighted by molar-refractivity contribution is 7.89. The van der Waals surface area contributed by atoms with Gasteiger partial charge < -0.3 is 5.32 Å². The summed E-state index contributed by atoms with van der Waals surface area (Å²) in [7, 11) is -3.64. The van der Waals surface area contributed by atoms with Gasteiger partial charge in [0.2, 0.25) is 10.0 Å². The van der Waals surface area contributed by atoms with Crippen LogP contribution < -0.4 is 5.32 Å². The number of benzene rings is 2. The third-order valence-electron chi connectivity index (χ3n) is 5.63. The average molecular weight is 439 g/mol. The number of rotatable bonds is 5. The van der Waals surface area contributed by atoms with E-state index in [4.69, 9.17) is 0 Å². The largest absolute Gasteiger partial charge is 0.322 e. The number of hydrogen-bond acceptors (Lipinski definition) is 4. The highest BCUT2D eigenvalue weighted by atomic mass is 32.2. The van der Waals surface area contributed by atoms with E-state index < -0.39 is 10.0 Å². The molecular formula is C23H26N4O3S. The first-order valence-corrected chi connectivity index (χ1v) is 11.8. The van der Waals surface area contributed by atoms with Crippen molar-refractivity contribution >= 4 is 21.6 Å². The Morgan fingerprint density at radius 2 is 1.90 bits per heavy atom. The zero-order valence-corrected chi connectivity index (χ0v) is 18.5. The highest BCUT2D eigenvalue weighted by Crippen LogP contribution is 2.26. The number of aryl methyl sites for hydroxylation is 1. The van der Waals surface area contributed by atoms with Crippen LogP contribution in [0.4, 0.5) is 5.69 Å². The van der Waals surface area contributed by atoms with Crippen LogP contribution in [-0.2, 0) is 10.0 Å². The van der Waals surface area contributed by atoms with Gasteiger partial charge in [-0.05, 0) is 69.2 Å². The summed E-state index contributed by atoms with van der Waals surface area (Å²) in [4.78, 5) is 13.0. The van der Waals surface area contributed by atoms with Crippen molar-refractivity contribution in [3.63, 3.8) is 0 Å². The van der Waals surface area contributed by atoms with Crippen molar-refractivity contribution in [3.05, 3.63) is 72.1 Å². The predicted molar refractivity (Wildman–Crippen MR) is 120 cm³/mol. The van der Waals surface area contributed by atoms with E-state index in [1.807, 2.05) is 38.1 Å². The van der Waals surface area contributed by atoms with E-state index >= 15 is 0 Å². The van der Waals surface area contributed by atoms with Crippen molar-refractivity contribution in [1.82, 2.24) is 14.1 Å². The number of carbonyl (C=O) groups is 1. The predicted octanol–water partition coefficient (Wildman–Crippen LogP) is 4.00. The minimum Gasteiger partial charge on any atom is -0.322 e. The van der Waals surface area contributed by atoms with Crippen LogP contribution in [0, 0.1) is 6.92 Å². The minimum absolute atomic E-state index is 0.0373. The van der Waals surface area contributed by atoms with E-state index in [1.165, 1.54) is 6.07 Å². The van der Waals surface area contributed by atoms with Crippen molar-refractivity contribution in [3.8, 4) is 5.69 Å². The highest BCUT2D eigenvalue weighted by Gasteiger charge is 2.31. The lowest BCUT2D eigenvalue weighted by atomic mass is 10.1. The molecule has 2 aromatic carbocycles. The van der Waals surface area contributed by atoms with E-state index in [-0.39, 0.29) is 16.8 Å². The Kier molecular flexibility index (Phi) is 5.93. The lowest BCUT2D eigenvalue weighted by Crippen LogP contribution is -2.41. The van der Waals surface area contributed by atoms with Gasteiger partial charge >= 0.3 is 0 Å². The van der Waals surface area contributed by atoms with Gasteiger partial charge in [0.15, 0.2) is 0 Å². The van der Waals surface area contributed by atoms with Gasteiger partial charge in [-0.3, -0.25) is 4.79 Å². The van der Waals surface area contributed by atoms with Crippen LogP contribution in [0.1, 0.15) is 42.2 Å². The van der Waals surface area contributed by atoms with Crippen LogP contribution in [0.25, 0.3) is 5.69 Å². The monoisotopic (exact) mass is 438 g/mol. The van der Waals surface area contributed by atoms with Gasteiger partial charge in [0.05, 0.1) is 10.6 Å². The van der Waals surface area contributed by atoms with Crippen molar-refractivity contribution in [2.75, 3.05) is 11.9 Å². The molecule has 4 rings (SSSR count). The number of carbonyl (C=O) groups excluding carboxylic acids is 1. The Balaban J connectivity index is 1.56. The van der Waals surface area contributed by atoms with Gasteiger partial charge in [-0.2, -0.15) is 9.40 Å². The fraction of sp³-hybridized carbons (Fsp3) is 0.304. The quantitative estimate of drug-likeness (QED) is 0.653. The fourth-order valence-electron chi connectivity index (χ4n) is 3.92. The first kappa shape index (κ1) is 21.3. The molecule has 31 heavy (non-hydrogen) atoms. The van der Waals surface area contributed by atoms with Gasteiger partial charge in [0.25, 0.3) is 5.91 Å². The Morgan fingerprint density at radius 3 is 2.65 bits per heavy atom. The molecule has 1 aromatic heterocycles. The molecule has 1 saturated heterocycles. The topological polar surface area (TPSA) is 84.3 Å². The molecule has 162 valence electrons. The summed E-state index contributed by atoms with van der Waals surface area (Å²) >= 11 is 0. The number of anilines is 1. The number of nitrogens with zero attached hydrogens (tertiary/aromatic N) is 3. The molecule has 1 aliphatic heterocycles. The first-order chi connectivity index (χ1) is 14.9. The molecule has 0 aliphatic carbocycles. The number of nitrogens with one attached hydrogen (secondary N) is 1. The summed E-state index contributed by atoms with van der Waals surface area (Å²) in [6.45, 7) is 4.40. The summed E-state index contributed by atoms with van der Waals surface area (Å²) in [6.07, 6.45) is 4.46. The molecule has 0 saturated carbocycles. The zero-order chi connectivity index (χ0) is 22.0. The van der Waals surface area contributed by atoms with Crippen LogP contribution in [-0.4, -0.2) is 41.0 Å². The number of aromatic nitrogens is 2. The maximum atomic E-state index is 13.1. The molecule has 3 aromatic rings. The van der Waals surface area contributed by atoms with Gasteiger partial charge in [-0.25, -0.2) is 13.1 Å². The maximum absolute atomic E-state index is 13.1. The second-order valence-electron chi connectivity index (χ2n) is 7.88. The number of sulfonamides is 1. The van der Waals surface area contributed by atoms with E-state index in [0.29, 0.717) is 17.8 Å². The average Bonchev–Trinajstić information content (AvgIpc) is 3.20. The van der Waals surface area contributed by atoms with Gasteiger partial charge in [-0.15, -0.1) is 0 Å². The Bertz CT molecular complexity index is 1200. The zero-order valence-electron chi connectivity index (χ0n) is 17.7. The maximum Gasteiger partial charge on any atom is 0.255 e. The molecule has 1 aliphatic rings. The van der Waals surface area contributed by atoms with E-state index in [9.17, 15) is 13.2 Å². The lowest BCUT2D eigenvalue weighted by Gasteiger charge is -2.32. The van der Waals surface area contributed by atoms with Gasteiger partial charge in [0, 0.05) is 35.7 Å².